The minimum Gasteiger partial charge on any atom is -0.494 e. The molecule has 44 heavy (non-hydrogen) atoms. The Labute approximate surface area is 259 Å². The Balaban J connectivity index is 1.49. The van der Waals surface area contributed by atoms with Gasteiger partial charge in [0.1, 0.15) is 5.75 Å². The second kappa shape index (κ2) is 14.0. The fourth-order valence-corrected chi connectivity index (χ4v) is 6.35. The minimum absolute atomic E-state index is 0.0303. The monoisotopic (exact) mass is 602 g/mol. The zero-order chi connectivity index (χ0) is 31.2. The van der Waals surface area contributed by atoms with E-state index in [1.54, 1.807) is 7.11 Å². The van der Waals surface area contributed by atoms with Gasteiger partial charge in [-0.1, -0.05) is 57.5 Å². The van der Waals surface area contributed by atoms with Gasteiger partial charge in [0.25, 0.3) is 0 Å². The largest absolute Gasteiger partial charge is 0.494 e. The van der Waals surface area contributed by atoms with Crippen LogP contribution >= 0.6 is 0 Å². The molecule has 0 saturated carbocycles. The third kappa shape index (κ3) is 6.48. The molecule has 1 saturated heterocycles. The SMILES string of the molecule is CCCCOc1ccc([C@H]2[C@H](C(=O)O)[C@@H](c3cc(OC)c4c(c3)OCO4)CN2CC(=O)Nc2c(CC)cccc2CC)cc1. The van der Waals surface area contributed by atoms with Crippen LogP contribution in [0.15, 0.2) is 54.6 Å². The van der Waals surface area contributed by atoms with Gasteiger partial charge in [0.2, 0.25) is 18.4 Å². The first-order valence-electron chi connectivity index (χ1n) is 15.5. The van der Waals surface area contributed by atoms with E-state index in [0.29, 0.717) is 30.4 Å². The number of rotatable bonds is 13. The highest BCUT2D eigenvalue weighted by atomic mass is 16.7. The normalized spacial score (nSPS) is 19.1. The lowest BCUT2D eigenvalue weighted by molar-refractivity contribution is -0.143. The number of ether oxygens (including phenoxy) is 4. The fourth-order valence-electron chi connectivity index (χ4n) is 6.35. The molecule has 9 heteroatoms. The molecule has 2 aliphatic rings. The average Bonchev–Trinajstić information content (AvgIpc) is 3.66. The van der Waals surface area contributed by atoms with E-state index in [9.17, 15) is 14.7 Å². The van der Waals surface area contributed by atoms with Crippen molar-refractivity contribution in [2.24, 2.45) is 5.92 Å². The molecule has 3 aromatic rings. The van der Waals surface area contributed by atoms with Crippen LogP contribution in [0, 0.1) is 5.92 Å². The standard InChI is InChI=1S/C35H42N2O7/c1-5-8-16-42-26-14-12-24(13-15-26)33-31(35(39)40)27(25-17-28(41-4)34-29(18-25)43-21-44-34)19-37(33)20-30(38)36-32-22(6-2)10-9-11-23(32)7-3/h9-15,17-18,27,31,33H,5-8,16,19-21H2,1-4H3,(H,36,38)(H,39,40)/t27-,31-,33+/m1/s1. The lowest BCUT2D eigenvalue weighted by atomic mass is 9.82. The van der Waals surface area contributed by atoms with E-state index in [-0.39, 0.29) is 19.2 Å². The molecule has 2 N–H and O–H groups in total. The number of carboxylic acids is 1. The second-order valence-corrected chi connectivity index (χ2v) is 11.3. The Bertz CT molecular complexity index is 1450. The summed E-state index contributed by atoms with van der Waals surface area (Å²) in [5.41, 5.74) is 4.56. The predicted octanol–water partition coefficient (Wildman–Crippen LogP) is 6.21. The highest BCUT2D eigenvalue weighted by molar-refractivity contribution is 5.94. The zero-order valence-electron chi connectivity index (χ0n) is 25.9. The molecule has 0 unspecified atom stereocenters. The maximum atomic E-state index is 13.7. The molecular weight excluding hydrogens is 560 g/mol. The van der Waals surface area contributed by atoms with Crippen LogP contribution in [-0.2, 0) is 22.4 Å². The summed E-state index contributed by atoms with van der Waals surface area (Å²) in [5, 5.41) is 13.8. The number of anilines is 1. The number of nitrogens with zero attached hydrogens (tertiary/aromatic N) is 1. The first-order chi connectivity index (χ1) is 21.4. The van der Waals surface area contributed by atoms with Crippen LogP contribution < -0.4 is 24.3 Å². The summed E-state index contributed by atoms with van der Waals surface area (Å²) in [5.74, 6) is -0.148. The molecule has 3 aromatic carbocycles. The van der Waals surface area contributed by atoms with Crippen LogP contribution in [0.1, 0.15) is 67.8 Å². The molecule has 0 radical (unpaired) electrons. The van der Waals surface area contributed by atoms with Gasteiger partial charge in [-0.2, -0.15) is 0 Å². The van der Waals surface area contributed by atoms with E-state index < -0.39 is 23.8 Å². The number of likely N-dealkylation sites (tertiary alicyclic amines) is 1. The number of carbonyl (C=O) groups is 2. The van der Waals surface area contributed by atoms with Gasteiger partial charge in [0.05, 0.1) is 26.2 Å². The molecule has 0 aromatic heterocycles. The molecule has 0 spiro atoms. The molecule has 2 heterocycles. The molecule has 0 bridgehead atoms. The molecule has 0 aliphatic carbocycles. The summed E-state index contributed by atoms with van der Waals surface area (Å²) in [6, 6.07) is 16.8. The predicted molar refractivity (Wildman–Crippen MR) is 168 cm³/mol. The van der Waals surface area contributed by atoms with Crippen molar-refractivity contribution in [1.29, 1.82) is 0 Å². The topological polar surface area (TPSA) is 107 Å². The summed E-state index contributed by atoms with van der Waals surface area (Å²) in [7, 11) is 1.55. The number of amides is 1. The van der Waals surface area contributed by atoms with E-state index in [0.717, 1.165) is 59.4 Å². The van der Waals surface area contributed by atoms with Crippen molar-refractivity contribution in [3.8, 4) is 23.0 Å². The van der Waals surface area contributed by atoms with Gasteiger partial charge >= 0.3 is 5.97 Å². The van der Waals surface area contributed by atoms with Crippen LogP contribution in [0.5, 0.6) is 23.0 Å². The second-order valence-electron chi connectivity index (χ2n) is 11.3. The van der Waals surface area contributed by atoms with Crippen molar-refractivity contribution in [1.82, 2.24) is 4.90 Å². The lowest BCUT2D eigenvalue weighted by Gasteiger charge is -2.27. The molecule has 1 fully saturated rings. The molecule has 2 aliphatic heterocycles. The van der Waals surface area contributed by atoms with E-state index in [4.69, 9.17) is 18.9 Å². The van der Waals surface area contributed by atoms with Crippen molar-refractivity contribution in [2.45, 2.75) is 58.4 Å². The Hall–Kier alpha value is -4.24. The van der Waals surface area contributed by atoms with Gasteiger partial charge in [-0.25, -0.2) is 0 Å². The Kier molecular flexibility index (Phi) is 9.95. The maximum absolute atomic E-state index is 13.7. The summed E-state index contributed by atoms with van der Waals surface area (Å²) in [4.78, 5) is 28.7. The highest BCUT2D eigenvalue weighted by Gasteiger charge is 2.48. The number of unbranched alkanes of at least 4 members (excludes halogenated alkanes) is 1. The lowest BCUT2D eigenvalue weighted by Crippen LogP contribution is -2.35. The fraction of sp³-hybridized carbons (Fsp3) is 0.429. The Morgan fingerprint density at radius 3 is 2.36 bits per heavy atom. The minimum atomic E-state index is -0.938. The van der Waals surface area contributed by atoms with Crippen molar-refractivity contribution >= 4 is 17.6 Å². The summed E-state index contributed by atoms with van der Waals surface area (Å²) < 4.78 is 22.7. The molecule has 1 amide bonds. The smallest absolute Gasteiger partial charge is 0.309 e. The van der Waals surface area contributed by atoms with Gasteiger partial charge in [-0.05, 0) is 65.8 Å². The number of para-hydroxylation sites is 1. The van der Waals surface area contributed by atoms with Gasteiger partial charge in [0.15, 0.2) is 11.5 Å². The number of aryl methyl sites for hydroxylation is 2. The summed E-state index contributed by atoms with van der Waals surface area (Å²) in [6.45, 7) is 7.32. The number of benzene rings is 3. The number of methoxy groups -OCH3 is 1. The van der Waals surface area contributed by atoms with Crippen molar-refractivity contribution in [3.63, 3.8) is 0 Å². The van der Waals surface area contributed by atoms with Gasteiger partial charge < -0.3 is 29.4 Å². The van der Waals surface area contributed by atoms with Crippen molar-refractivity contribution < 1.29 is 33.6 Å². The number of carbonyl (C=O) groups excluding carboxylic acids is 1. The van der Waals surface area contributed by atoms with Crippen LogP contribution in [0.25, 0.3) is 0 Å². The molecule has 3 atom stereocenters. The summed E-state index contributed by atoms with van der Waals surface area (Å²) >= 11 is 0. The van der Waals surface area contributed by atoms with E-state index >= 15 is 0 Å². The third-order valence-corrected chi connectivity index (χ3v) is 8.59. The van der Waals surface area contributed by atoms with Gasteiger partial charge in [0, 0.05) is 24.2 Å². The first-order valence-corrected chi connectivity index (χ1v) is 15.5. The number of fused-ring (bicyclic) bond motifs is 1. The number of nitrogens with one attached hydrogen (secondary N) is 1. The first kappa shape index (κ1) is 31.2. The highest BCUT2D eigenvalue weighted by Crippen LogP contribution is 2.50. The van der Waals surface area contributed by atoms with E-state index in [1.165, 1.54) is 0 Å². The quantitative estimate of drug-likeness (QED) is 0.223. The molecular formula is C35H42N2O7. The van der Waals surface area contributed by atoms with Crippen molar-refractivity contribution in [2.75, 3.05) is 38.9 Å². The van der Waals surface area contributed by atoms with E-state index in [1.807, 2.05) is 59.5 Å². The molecule has 9 nitrogen and oxygen atoms in total. The zero-order valence-corrected chi connectivity index (χ0v) is 25.9. The van der Waals surface area contributed by atoms with E-state index in [2.05, 4.69) is 26.1 Å². The van der Waals surface area contributed by atoms with Crippen LogP contribution in [0.3, 0.4) is 0 Å². The third-order valence-electron chi connectivity index (χ3n) is 8.59. The Morgan fingerprint density at radius 2 is 1.73 bits per heavy atom. The summed E-state index contributed by atoms with van der Waals surface area (Å²) in [6.07, 6.45) is 3.57. The number of hydrogen-bond donors (Lipinski definition) is 2. The van der Waals surface area contributed by atoms with Crippen LogP contribution in [-0.4, -0.2) is 55.5 Å². The molecule has 5 rings (SSSR count). The number of carboxylic acid groups (broad SMARTS) is 1. The van der Waals surface area contributed by atoms with Crippen LogP contribution in [0.4, 0.5) is 5.69 Å². The average molecular weight is 603 g/mol. The number of hydrogen-bond acceptors (Lipinski definition) is 7. The van der Waals surface area contributed by atoms with Crippen molar-refractivity contribution in [3.05, 3.63) is 76.9 Å². The molecule has 234 valence electrons. The maximum Gasteiger partial charge on any atom is 0.309 e. The number of aliphatic carboxylic acids is 1. The van der Waals surface area contributed by atoms with Gasteiger partial charge in [-0.15, -0.1) is 0 Å². The van der Waals surface area contributed by atoms with Crippen LogP contribution in [0.2, 0.25) is 0 Å². The van der Waals surface area contributed by atoms with Gasteiger partial charge in [-0.3, -0.25) is 14.5 Å². The Morgan fingerprint density at radius 1 is 1.00 bits per heavy atom.